The highest BCUT2D eigenvalue weighted by Gasteiger charge is 2.14. The van der Waals surface area contributed by atoms with Crippen LogP contribution in [-0.2, 0) is 10.0 Å². The molecule has 3 aromatic carbocycles. The molecule has 0 aromatic heterocycles. The smallest absolute Gasteiger partial charge is 0.276 e. The molecule has 0 heterocycles. The van der Waals surface area contributed by atoms with Crippen LogP contribution in [0.1, 0.15) is 22.8 Å². The molecule has 2 N–H and O–H groups in total. The normalized spacial score (nSPS) is 11.8. The fourth-order valence-electron chi connectivity index (χ4n) is 2.53. The number of sulfonamides is 1. The van der Waals surface area contributed by atoms with E-state index in [-0.39, 0.29) is 10.8 Å². The SMILES string of the molecule is C/C(=N\NS(=O)(=O)c1ccc(F)cc1)c1cccc(NC(=O)c2ccccc2Cl)c1. The summed E-state index contributed by atoms with van der Waals surface area (Å²) in [4.78, 5) is 14.4. The fourth-order valence-corrected chi connectivity index (χ4v) is 3.60. The minimum atomic E-state index is -3.94. The standard InChI is InChI=1S/C21H17ClFN3O3S/c1-14(25-26-30(28,29)18-11-9-16(23)10-12-18)15-5-4-6-17(13-15)24-21(27)19-7-2-3-8-20(19)22/h2-13,26H,1H3,(H,24,27)/b25-14+. The lowest BCUT2D eigenvalue weighted by atomic mass is 10.1. The maximum absolute atomic E-state index is 13.0. The number of anilines is 1. The van der Waals surface area contributed by atoms with Crippen molar-refractivity contribution in [2.24, 2.45) is 5.10 Å². The average Bonchev–Trinajstić information content (AvgIpc) is 2.73. The van der Waals surface area contributed by atoms with Gasteiger partial charge in [-0.15, -0.1) is 0 Å². The summed E-state index contributed by atoms with van der Waals surface area (Å²) in [5.41, 5.74) is 1.79. The Kier molecular flexibility index (Phi) is 6.49. The van der Waals surface area contributed by atoms with Gasteiger partial charge < -0.3 is 5.32 Å². The molecular weight excluding hydrogens is 429 g/mol. The summed E-state index contributed by atoms with van der Waals surface area (Å²) in [6, 6.07) is 17.8. The lowest BCUT2D eigenvalue weighted by Crippen LogP contribution is -2.20. The Balaban J connectivity index is 1.75. The minimum absolute atomic E-state index is 0.110. The first-order chi connectivity index (χ1) is 14.3. The van der Waals surface area contributed by atoms with Crippen molar-refractivity contribution < 1.29 is 17.6 Å². The number of carbonyl (C=O) groups excluding carboxylic acids is 1. The average molecular weight is 446 g/mol. The monoisotopic (exact) mass is 445 g/mol. The van der Waals surface area contributed by atoms with Crippen LogP contribution < -0.4 is 10.1 Å². The first kappa shape index (κ1) is 21.5. The van der Waals surface area contributed by atoms with E-state index in [2.05, 4.69) is 15.2 Å². The van der Waals surface area contributed by atoms with Gasteiger partial charge in [-0.3, -0.25) is 4.79 Å². The first-order valence-electron chi connectivity index (χ1n) is 8.74. The van der Waals surface area contributed by atoms with Gasteiger partial charge in [0.25, 0.3) is 15.9 Å². The highest BCUT2D eigenvalue weighted by Crippen LogP contribution is 2.18. The Labute approximate surface area is 178 Å². The van der Waals surface area contributed by atoms with Gasteiger partial charge in [0.05, 0.1) is 21.2 Å². The number of amides is 1. The van der Waals surface area contributed by atoms with E-state index in [4.69, 9.17) is 11.6 Å². The molecule has 154 valence electrons. The molecular formula is C21H17ClFN3O3S. The number of carbonyl (C=O) groups is 1. The van der Waals surface area contributed by atoms with Crippen LogP contribution in [0.4, 0.5) is 10.1 Å². The van der Waals surface area contributed by atoms with E-state index >= 15 is 0 Å². The van der Waals surface area contributed by atoms with E-state index in [9.17, 15) is 17.6 Å². The summed E-state index contributed by atoms with van der Waals surface area (Å²) in [6.07, 6.45) is 0. The van der Waals surface area contributed by atoms with Gasteiger partial charge in [0, 0.05) is 5.69 Å². The zero-order valence-corrected chi connectivity index (χ0v) is 17.3. The third-order valence-corrected chi connectivity index (χ3v) is 5.67. The molecule has 0 aliphatic heterocycles. The van der Waals surface area contributed by atoms with Gasteiger partial charge in [-0.2, -0.15) is 18.4 Å². The van der Waals surface area contributed by atoms with Crippen molar-refractivity contribution in [2.45, 2.75) is 11.8 Å². The molecule has 0 bridgehead atoms. The van der Waals surface area contributed by atoms with E-state index in [1.807, 2.05) is 0 Å². The van der Waals surface area contributed by atoms with Gasteiger partial charge >= 0.3 is 0 Å². The van der Waals surface area contributed by atoms with E-state index in [0.29, 0.717) is 27.5 Å². The van der Waals surface area contributed by atoms with Gasteiger partial charge in [0.1, 0.15) is 5.82 Å². The Bertz CT molecular complexity index is 1210. The van der Waals surface area contributed by atoms with Gasteiger partial charge in [0.15, 0.2) is 0 Å². The summed E-state index contributed by atoms with van der Waals surface area (Å²) in [5, 5.41) is 6.99. The Morgan fingerprint density at radius 3 is 2.40 bits per heavy atom. The molecule has 0 radical (unpaired) electrons. The van der Waals surface area contributed by atoms with E-state index in [1.54, 1.807) is 55.5 Å². The molecule has 0 aliphatic carbocycles. The largest absolute Gasteiger partial charge is 0.322 e. The van der Waals surface area contributed by atoms with Crippen LogP contribution in [0.2, 0.25) is 5.02 Å². The lowest BCUT2D eigenvalue weighted by Gasteiger charge is -2.09. The van der Waals surface area contributed by atoms with Crippen molar-refractivity contribution >= 4 is 38.9 Å². The molecule has 30 heavy (non-hydrogen) atoms. The molecule has 0 spiro atoms. The van der Waals surface area contributed by atoms with Crippen LogP contribution >= 0.6 is 11.6 Å². The lowest BCUT2D eigenvalue weighted by molar-refractivity contribution is 0.102. The first-order valence-corrected chi connectivity index (χ1v) is 10.6. The second kappa shape index (κ2) is 9.06. The van der Waals surface area contributed by atoms with Crippen LogP contribution in [0.15, 0.2) is 82.8 Å². The van der Waals surface area contributed by atoms with Gasteiger partial charge in [0.2, 0.25) is 0 Å². The zero-order chi connectivity index (χ0) is 21.7. The van der Waals surface area contributed by atoms with Crippen molar-refractivity contribution in [3.8, 4) is 0 Å². The summed E-state index contributed by atoms with van der Waals surface area (Å²) in [5.74, 6) is -0.909. The number of hydrogen-bond acceptors (Lipinski definition) is 4. The number of nitrogens with one attached hydrogen (secondary N) is 2. The van der Waals surface area contributed by atoms with Crippen LogP contribution in [0.25, 0.3) is 0 Å². The van der Waals surface area contributed by atoms with Crippen molar-refractivity contribution in [3.05, 3.63) is 94.8 Å². The topological polar surface area (TPSA) is 87.6 Å². The van der Waals surface area contributed by atoms with E-state index in [1.165, 1.54) is 0 Å². The fraction of sp³-hybridized carbons (Fsp3) is 0.0476. The number of nitrogens with zero attached hydrogens (tertiary/aromatic N) is 1. The molecule has 0 aliphatic rings. The Morgan fingerprint density at radius 1 is 1.00 bits per heavy atom. The second-order valence-corrected chi connectivity index (χ2v) is 8.33. The second-order valence-electron chi connectivity index (χ2n) is 6.26. The molecule has 0 fully saturated rings. The van der Waals surface area contributed by atoms with Gasteiger partial charge in [-0.25, -0.2) is 4.39 Å². The van der Waals surface area contributed by atoms with Gasteiger partial charge in [-0.05, 0) is 61.0 Å². The molecule has 9 heteroatoms. The molecule has 0 atom stereocenters. The number of hydrazone groups is 1. The number of hydrogen-bond donors (Lipinski definition) is 2. The third-order valence-electron chi connectivity index (χ3n) is 4.11. The van der Waals surface area contributed by atoms with Crippen molar-refractivity contribution in [2.75, 3.05) is 5.32 Å². The molecule has 0 unspecified atom stereocenters. The minimum Gasteiger partial charge on any atom is -0.322 e. The number of rotatable bonds is 6. The van der Waals surface area contributed by atoms with Crippen LogP contribution in [0.5, 0.6) is 0 Å². The van der Waals surface area contributed by atoms with E-state index in [0.717, 1.165) is 24.3 Å². The van der Waals surface area contributed by atoms with Crippen molar-refractivity contribution in [3.63, 3.8) is 0 Å². The number of halogens is 2. The van der Waals surface area contributed by atoms with Crippen LogP contribution in [0.3, 0.4) is 0 Å². The number of benzene rings is 3. The van der Waals surface area contributed by atoms with Crippen LogP contribution in [0, 0.1) is 5.82 Å². The Hall–Kier alpha value is -3.23. The quantitative estimate of drug-likeness (QED) is 0.434. The Morgan fingerprint density at radius 2 is 1.70 bits per heavy atom. The summed E-state index contributed by atoms with van der Waals surface area (Å²) in [7, 11) is -3.94. The third kappa shape index (κ3) is 5.22. The highest BCUT2D eigenvalue weighted by molar-refractivity contribution is 7.89. The predicted molar refractivity (Wildman–Crippen MR) is 115 cm³/mol. The molecule has 0 saturated heterocycles. The summed E-state index contributed by atoms with van der Waals surface area (Å²) < 4.78 is 37.5. The molecule has 6 nitrogen and oxygen atoms in total. The predicted octanol–water partition coefficient (Wildman–Crippen LogP) is 4.43. The highest BCUT2D eigenvalue weighted by atomic mass is 35.5. The van der Waals surface area contributed by atoms with E-state index < -0.39 is 15.8 Å². The maximum atomic E-state index is 13.0. The summed E-state index contributed by atoms with van der Waals surface area (Å²) >= 11 is 6.04. The van der Waals surface area contributed by atoms with Crippen molar-refractivity contribution in [1.82, 2.24) is 4.83 Å². The van der Waals surface area contributed by atoms with Gasteiger partial charge in [-0.1, -0.05) is 35.9 Å². The summed E-state index contributed by atoms with van der Waals surface area (Å²) in [6.45, 7) is 1.61. The molecule has 3 rings (SSSR count). The molecule has 1 amide bonds. The molecule has 3 aromatic rings. The zero-order valence-electron chi connectivity index (χ0n) is 15.8. The van der Waals surface area contributed by atoms with Crippen LogP contribution in [-0.4, -0.2) is 20.0 Å². The molecule has 0 saturated carbocycles. The maximum Gasteiger partial charge on any atom is 0.276 e. The van der Waals surface area contributed by atoms with Crippen molar-refractivity contribution in [1.29, 1.82) is 0 Å².